The molecule has 7 heteroatoms. The first-order valence-corrected chi connectivity index (χ1v) is 11.6. The van der Waals surface area contributed by atoms with Crippen LogP contribution in [0.2, 0.25) is 0 Å². The monoisotopic (exact) mass is 424 g/mol. The van der Waals surface area contributed by atoms with Gasteiger partial charge in [0, 0.05) is 18.3 Å². The summed E-state index contributed by atoms with van der Waals surface area (Å²) in [5, 5.41) is 0. The molecule has 1 fully saturated rings. The summed E-state index contributed by atoms with van der Waals surface area (Å²) < 4.78 is 29.4. The number of anilines is 1. The first kappa shape index (κ1) is 20.6. The summed E-state index contributed by atoms with van der Waals surface area (Å²) in [7, 11) is -3.96. The van der Waals surface area contributed by atoms with Crippen molar-refractivity contribution in [1.29, 1.82) is 0 Å². The summed E-state index contributed by atoms with van der Waals surface area (Å²) in [4.78, 5) is 6.32. The first-order valence-electron chi connectivity index (χ1n) is 10.2. The highest BCUT2D eigenvalue weighted by Gasteiger charge is 2.46. The molecule has 1 aromatic heterocycles. The van der Waals surface area contributed by atoms with Crippen LogP contribution >= 0.6 is 0 Å². The van der Waals surface area contributed by atoms with Crippen molar-refractivity contribution in [3.05, 3.63) is 72.5 Å². The highest BCUT2D eigenvalue weighted by atomic mass is 32.2. The smallest absolute Gasteiger partial charge is 0.269 e. The molecule has 0 bridgehead atoms. The van der Waals surface area contributed by atoms with Gasteiger partial charge in [-0.05, 0) is 56.0 Å². The summed E-state index contributed by atoms with van der Waals surface area (Å²) >= 11 is 0. The Labute approximate surface area is 178 Å². The molecule has 1 unspecified atom stereocenters. The first-order chi connectivity index (χ1) is 14.2. The zero-order valence-corrected chi connectivity index (χ0v) is 18.4. The average molecular weight is 425 g/mol. The van der Waals surface area contributed by atoms with Crippen LogP contribution in [0.5, 0.6) is 0 Å². The Kier molecular flexibility index (Phi) is 5.20. The largest absolute Gasteiger partial charge is 0.383 e. The number of sulfonamides is 1. The van der Waals surface area contributed by atoms with Gasteiger partial charge in [-0.3, -0.25) is 4.90 Å². The molecule has 2 aromatic rings. The van der Waals surface area contributed by atoms with Crippen molar-refractivity contribution in [2.45, 2.75) is 43.8 Å². The van der Waals surface area contributed by atoms with E-state index in [9.17, 15) is 8.42 Å². The van der Waals surface area contributed by atoms with E-state index >= 15 is 0 Å². The predicted octanol–water partition coefficient (Wildman–Crippen LogP) is 3.71. The van der Waals surface area contributed by atoms with Gasteiger partial charge in [0.1, 0.15) is 16.9 Å². The molecule has 0 amide bonds. The van der Waals surface area contributed by atoms with Crippen molar-refractivity contribution in [3.8, 4) is 0 Å². The van der Waals surface area contributed by atoms with Gasteiger partial charge < -0.3 is 5.73 Å². The van der Waals surface area contributed by atoms with E-state index in [0.29, 0.717) is 11.6 Å². The molecule has 2 N–H and O–H groups in total. The number of nitrogens with two attached hydrogens (primary N) is 1. The molecule has 2 aliphatic heterocycles. The van der Waals surface area contributed by atoms with E-state index < -0.39 is 16.2 Å². The zero-order valence-electron chi connectivity index (χ0n) is 17.6. The summed E-state index contributed by atoms with van der Waals surface area (Å²) in [5.74, 6) is 0.486. The third-order valence-electron chi connectivity index (χ3n) is 5.87. The minimum Gasteiger partial charge on any atom is -0.383 e. The van der Waals surface area contributed by atoms with E-state index in [0.717, 1.165) is 18.5 Å². The van der Waals surface area contributed by atoms with Crippen molar-refractivity contribution < 1.29 is 8.42 Å². The molecule has 0 aliphatic carbocycles. The van der Waals surface area contributed by atoms with Crippen LogP contribution in [0.1, 0.15) is 32.8 Å². The summed E-state index contributed by atoms with van der Waals surface area (Å²) in [6.45, 7) is 7.38. The lowest BCUT2D eigenvalue weighted by Gasteiger charge is -2.44. The zero-order chi connectivity index (χ0) is 21.5. The van der Waals surface area contributed by atoms with Gasteiger partial charge in [0.15, 0.2) is 0 Å². The fraction of sp³-hybridized carbons (Fsp3) is 0.348. The van der Waals surface area contributed by atoms with Gasteiger partial charge in [-0.1, -0.05) is 43.3 Å². The van der Waals surface area contributed by atoms with Crippen LogP contribution in [0.25, 0.3) is 5.70 Å². The van der Waals surface area contributed by atoms with Gasteiger partial charge in [0.25, 0.3) is 10.0 Å². The number of hydrogen-bond acceptors (Lipinski definition) is 5. The minimum absolute atomic E-state index is 0.00673. The number of aromatic nitrogens is 1. The topological polar surface area (TPSA) is 79.5 Å². The van der Waals surface area contributed by atoms with Crippen LogP contribution in [0.3, 0.4) is 0 Å². The number of nitrogens with zero attached hydrogens (tertiary/aromatic N) is 3. The van der Waals surface area contributed by atoms with Crippen LogP contribution in [0, 0.1) is 5.92 Å². The van der Waals surface area contributed by atoms with Gasteiger partial charge in [0.2, 0.25) is 0 Å². The standard InChI is InChI=1S/C23H28N4O2S/c1-17-15-23(2,3)26(16-17)21-13-7-11-19(18-9-5-4-6-10-18)27(21)30(28,29)20-12-8-14-25-22(20)24/h4-14,17,21H,15-16H2,1-3H3,(H2,24,25)/t17-,21?/m0/s1. The lowest BCUT2D eigenvalue weighted by Crippen LogP contribution is -2.54. The van der Waals surface area contributed by atoms with E-state index in [1.807, 2.05) is 48.6 Å². The molecule has 6 nitrogen and oxygen atoms in total. The van der Waals surface area contributed by atoms with Crippen molar-refractivity contribution in [2.24, 2.45) is 5.92 Å². The van der Waals surface area contributed by atoms with Gasteiger partial charge in [-0.2, -0.15) is 0 Å². The lowest BCUT2D eigenvalue weighted by molar-refractivity contribution is 0.0949. The number of likely N-dealkylation sites (tertiary alicyclic amines) is 1. The Balaban J connectivity index is 1.88. The Morgan fingerprint density at radius 3 is 2.50 bits per heavy atom. The molecule has 1 saturated heterocycles. The van der Waals surface area contributed by atoms with Crippen LogP contribution in [-0.4, -0.2) is 40.9 Å². The lowest BCUT2D eigenvalue weighted by atomic mass is 9.97. The Hall–Kier alpha value is -2.64. The molecule has 2 aliphatic rings. The van der Waals surface area contributed by atoms with Crippen LogP contribution in [-0.2, 0) is 10.0 Å². The third-order valence-corrected chi connectivity index (χ3v) is 7.71. The Morgan fingerprint density at radius 2 is 1.87 bits per heavy atom. The third kappa shape index (κ3) is 3.52. The van der Waals surface area contributed by atoms with Crippen LogP contribution < -0.4 is 5.73 Å². The molecule has 2 atom stereocenters. The van der Waals surface area contributed by atoms with Crippen molar-refractivity contribution in [1.82, 2.24) is 14.2 Å². The molecule has 0 spiro atoms. The number of rotatable bonds is 4. The number of nitrogen functional groups attached to an aromatic ring is 1. The molecule has 0 radical (unpaired) electrons. The quantitative estimate of drug-likeness (QED) is 0.809. The fourth-order valence-electron chi connectivity index (χ4n) is 4.69. The average Bonchev–Trinajstić information content (AvgIpc) is 3.00. The molecular formula is C23H28N4O2S. The van der Waals surface area contributed by atoms with Crippen molar-refractivity contribution in [3.63, 3.8) is 0 Å². The number of hydrogen-bond donors (Lipinski definition) is 1. The Bertz CT molecular complexity index is 1090. The van der Waals surface area contributed by atoms with E-state index in [4.69, 9.17) is 5.73 Å². The SMILES string of the molecule is C[C@@H]1CN(C2C=CC=C(c3ccccc3)N2S(=O)(=O)c2cccnc2N)C(C)(C)C1. The van der Waals surface area contributed by atoms with E-state index in [1.54, 1.807) is 6.07 Å². The maximum absolute atomic E-state index is 14.0. The van der Waals surface area contributed by atoms with E-state index in [2.05, 4.69) is 30.7 Å². The van der Waals surface area contributed by atoms with E-state index in [-0.39, 0.29) is 16.3 Å². The second kappa shape index (κ2) is 7.56. The number of benzene rings is 1. The molecule has 4 rings (SSSR count). The maximum Gasteiger partial charge on any atom is 0.269 e. The second-order valence-electron chi connectivity index (χ2n) is 8.68. The fourth-order valence-corrected chi connectivity index (χ4v) is 6.36. The minimum atomic E-state index is -3.96. The molecule has 158 valence electrons. The van der Waals surface area contributed by atoms with Gasteiger partial charge >= 0.3 is 0 Å². The summed E-state index contributed by atoms with van der Waals surface area (Å²) in [5.41, 5.74) is 7.33. The predicted molar refractivity (Wildman–Crippen MR) is 120 cm³/mol. The number of pyridine rings is 1. The molecular weight excluding hydrogens is 396 g/mol. The van der Waals surface area contributed by atoms with Crippen LogP contribution in [0.15, 0.2) is 71.8 Å². The summed E-state index contributed by atoms with van der Waals surface area (Å²) in [6, 6.07) is 12.7. The molecule has 1 aromatic carbocycles. The van der Waals surface area contributed by atoms with Gasteiger partial charge in [-0.25, -0.2) is 17.7 Å². The molecule has 3 heterocycles. The normalized spacial score (nSPS) is 24.1. The van der Waals surface area contributed by atoms with Gasteiger partial charge in [0.05, 0.1) is 5.70 Å². The Morgan fingerprint density at radius 1 is 1.13 bits per heavy atom. The van der Waals surface area contributed by atoms with Crippen LogP contribution in [0.4, 0.5) is 5.82 Å². The highest BCUT2D eigenvalue weighted by Crippen LogP contribution is 2.41. The highest BCUT2D eigenvalue weighted by molar-refractivity contribution is 7.89. The van der Waals surface area contributed by atoms with Gasteiger partial charge in [-0.15, -0.1) is 0 Å². The van der Waals surface area contributed by atoms with Crippen molar-refractivity contribution >= 4 is 21.5 Å². The van der Waals surface area contributed by atoms with Crippen molar-refractivity contribution in [2.75, 3.05) is 12.3 Å². The van der Waals surface area contributed by atoms with E-state index in [1.165, 1.54) is 16.6 Å². The molecule has 0 saturated carbocycles. The second-order valence-corrected chi connectivity index (χ2v) is 10.5. The number of allylic oxidation sites excluding steroid dienone is 2. The molecule has 30 heavy (non-hydrogen) atoms. The maximum atomic E-state index is 14.0. The summed E-state index contributed by atoms with van der Waals surface area (Å²) in [6.07, 6.45) is 7.81.